The van der Waals surface area contributed by atoms with E-state index in [0.29, 0.717) is 24.4 Å². The Hall–Kier alpha value is -2.18. The van der Waals surface area contributed by atoms with Crippen molar-refractivity contribution in [3.8, 4) is 5.69 Å². The Kier molecular flexibility index (Phi) is 5.05. The van der Waals surface area contributed by atoms with Crippen LogP contribution in [0.25, 0.3) is 5.69 Å². The van der Waals surface area contributed by atoms with Crippen molar-refractivity contribution >= 4 is 28.8 Å². The summed E-state index contributed by atoms with van der Waals surface area (Å²) < 4.78 is 1.70. The van der Waals surface area contributed by atoms with Crippen LogP contribution in [0.1, 0.15) is 17.7 Å². The van der Waals surface area contributed by atoms with E-state index < -0.39 is 0 Å². The van der Waals surface area contributed by atoms with Crippen molar-refractivity contribution in [3.05, 3.63) is 63.6 Å². The lowest BCUT2D eigenvalue weighted by Crippen LogP contribution is -2.23. The largest absolute Gasteiger partial charge is 0.350 e. The molecule has 0 atom stereocenters. The van der Waals surface area contributed by atoms with Crippen LogP contribution in [0.5, 0.6) is 0 Å². The zero-order chi connectivity index (χ0) is 16.1. The van der Waals surface area contributed by atoms with Crippen LogP contribution in [-0.4, -0.2) is 20.9 Å². The minimum absolute atomic E-state index is 0.0185. The zero-order valence-corrected chi connectivity index (χ0v) is 13.8. The summed E-state index contributed by atoms with van der Waals surface area (Å²) in [5.41, 5.74) is 2.75. The van der Waals surface area contributed by atoms with E-state index in [0.717, 1.165) is 16.9 Å². The third-order valence-corrected chi connectivity index (χ3v) is 4.21. The number of carbonyl (C=O) groups excluding carboxylic acids is 1. The van der Waals surface area contributed by atoms with Crippen molar-refractivity contribution in [2.45, 2.75) is 19.4 Å². The number of nitrogens with one attached hydrogen (secondary N) is 1. The summed E-state index contributed by atoms with van der Waals surface area (Å²) in [4.78, 5) is 11.9. The molecule has 0 aliphatic rings. The van der Waals surface area contributed by atoms with Crippen molar-refractivity contribution in [2.24, 2.45) is 0 Å². The molecule has 0 radical (unpaired) electrons. The number of nitrogens with zero attached hydrogens (tertiary/aromatic N) is 3. The lowest BCUT2D eigenvalue weighted by atomic mass is 10.1. The highest BCUT2D eigenvalue weighted by atomic mass is 35.5. The van der Waals surface area contributed by atoms with Gasteiger partial charge in [0, 0.05) is 16.8 Å². The number of halogens is 1. The molecule has 0 bridgehead atoms. The summed E-state index contributed by atoms with van der Waals surface area (Å²) in [7, 11) is 0. The first-order valence-electron chi connectivity index (χ1n) is 7.15. The second kappa shape index (κ2) is 7.39. The van der Waals surface area contributed by atoms with Gasteiger partial charge in [-0.2, -0.15) is 11.3 Å². The van der Waals surface area contributed by atoms with Crippen molar-refractivity contribution in [3.63, 3.8) is 0 Å². The lowest BCUT2D eigenvalue weighted by Gasteiger charge is -2.03. The molecule has 7 heteroatoms. The minimum atomic E-state index is -0.0185. The van der Waals surface area contributed by atoms with Crippen molar-refractivity contribution in [1.29, 1.82) is 0 Å². The number of hydrogen-bond donors (Lipinski definition) is 1. The molecule has 23 heavy (non-hydrogen) atoms. The summed E-state index contributed by atoms with van der Waals surface area (Å²) >= 11 is 7.53. The van der Waals surface area contributed by atoms with Crippen molar-refractivity contribution in [1.82, 2.24) is 20.3 Å². The van der Waals surface area contributed by atoms with E-state index in [2.05, 4.69) is 15.6 Å². The maximum absolute atomic E-state index is 11.9. The molecule has 0 aliphatic carbocycles. The first-order valence-corrected chi connectivity index (χ1v) is 8.48. The molecular weight excluding hydrogens is 332 g/mol. The van der Waals surface area contributed by atoms with Gasteiger partial charge in [0.1, 0.15) is 5.69 Å². The van der Waals surface area contributed by atoms with Crippen LogP contribution in [-0.2, 0) is 17.8 Å². The highest BCUT2D eigenvalue weighted by Crippen LogP contribution is 2.12. The van der Waals surface area contributed by atoms with Gasteiger partial charge in [-0.3, -0.25) is 4.79 Å². The fourth-order valence-electron chi connectivity index (χ4n) is 2.12. The third kappa shape index (κ3) is 4.40. The summed E-state index contributed by atoms with van der Waals surface area (Å²) in [6, 6.07) is 9.51. The van der Waals surface area contributed by atoms with E-state index in [1.165, 1.54) is 0 Å². The van der Waals surface area contributed by atoms with Crippen LogP contribution >= 0.6 is 22.9 Å². The number of aromatic nitrogens is 3. The van der Waals surface area contributed by atoms with Crippen LogP contribution in [0, 0.1) is 0 Å². The van der Waals surface area contributed by atoms with Crippen LogP contribution in [0.3, 0.4) is 0 Å². The predicted molar refractivity (Wildman–Crippen MR) is 90.9 cm³/mol. The monoisotopic (exact) mass is 346 g/mol. The van der Waals surface area contributed by atoms with Crippen molar-refractivity contribution < 1.29 is 4.79 Å². The van der Waals surface area contributed by atoms with Gasteiger partial charge in [-0.15, -0.1) is 5.10 Å². The van der Waals surface area contributed by atoms with Crippen LogP contribution in [0.15, 0.2) is 47.3 Å². The smallest absolute Gasteiger partial charge is 0.220 e. The fraction of sp³-hybridized carbons (Fsp3) is 0.188. The van der Waals surface area contributed by atoms with Crippen LogP contribution in [0.4, 0.5) is 0 Å². The van der Waals surface area contributed by atoms with E-state index in [-0.39, 0.29) is 5.91 Å². The maximum atomic E-state index is 11.9. The average Bonchev–Trinajstić information content (AvgIpc) is 3.22. The molecule has 0 spiro atoms. The summed E-state index contributed by atoms with van der Waals surface area (Å²) in [5, 5.41) is 15.6. The first kappa shape index (κ1) is 15.7. The van der Waals surface area contributed by atoms with Gasteiger partial charge < -0.3 is 5.32 Å². The van der Waals surface area contributed by atoms with Gasteiger partial charge in [0.05, 0.1) is 18.4 Å². The predicted octanol–water partition coefficient (Wildman–Crippen LogP) is 3.23. The SMILES string of the molecule is O=C(CCc1cccc(Cl)c1)NCc1cn(-c2ccsc2)nn1. The number of aryl methyl sites for hydroxylation is 1. The molecule has 0 aliphatic heterocycles. The Bertz CT molecular complexity index is 785. The Morgan fingerprint density at radius 1 is 1.35 bits per heavy atom. The Labute approximate surface area is 142 Å². The topological polar surface area (TPSA) is 59.8 Å². The van der Waals surface area contributed by atoms with E-state index in [9.17, 15) is 4.79 Å². The van der Waals surface area contributed by atoms with E-state index in [1.807, 2.05) is 47.3 Å². The Morgan fingerprint density at radius 2 is 2.26 bits per heavy atom. The summed E-state index contributed by atoms with van der Waals surface area (Å²) in [5.74, 6) is -0.0185. The first-order chi connectivity index (χ1) is 11.2. The number of rotatable bonds is 6. The molecule has 0 saturated heterocycles. The number of hydrogen-bond acceptors (Lipinski definition) is 4. The molecular formula is C16H15ClN4OS. The molecule has 3 aromatic rings. The van der Waals surface area contributed by atoms with Gasteiger partial charge >= 0.3 is 0 Å². The van der Waals surface area contributed by atoms with Gasteiger partial charge in [0.25, 0.3) is 0 Å². The highest BCUT2D eigenvalue weighted by Gasteiger charge is 2.06. The standard InChI is InChI=1S/C16H15ClN4OS/c17-13-3-1-2-12(8-13)4-5-16(22)18-9-14-10-21(20-19-14)15-6-7-23-11-15/h1-3,6-8,10-11H,4-5,9H2,(H,18,22). The quantitative estimate of drug-likeness (QED) is 0.745. The molecule has 0 fully saturated rings. The summed E-state index contributed by atoms with van der Waals surface area (Å²) in [6.07, 6.45) is 2.90. The van der Waals surface area contributed by atoms with Crippen molar-refractivity contribution in [2.75, 3.05) is 0 Å². The normalized spacial score (nSPS) is 10.7. The van der Waals surface area contributed by atoms with Gasteiger partial charge in [0.15, 0.2) is 0 Å². The van der Waals surface area contributed by atoms with E-state index >= 15 is 0 Å². The summed E-state index contributed by atoms with van der Waals surface area (Å²) in [6.45, 7) is 0.374. The molecule has 118 valence electrons. The second-order valence-corrected chi connectivity index (χ2v) is 6.26. The lowest BCUT2D eigenvalue weighted by molar-refractivity contribution is -0.121. The number of carbonyl (C=O) groups is 1. The van der Waals surface area contributed by atoms with Crippen LogP contribution < -0.4 is 5.32 Å². The molecule has 2 aromatic heterocycles. The number of amides is 1. The molecule has 0 saturated carbocycles. The van der Waals surface area contributed by atoms with Gasteiger partial charge in [-0.1, -0.05) is 28.9 Å². The Morgan fingerprint density at radius 3 is 3.04 bits per heavy atom. The minimum Gasteiger partial charge on any atom is -0.350 e. The van der Waals surface area contributed by atoms with E-state index in [4.69, 9.17) is 11.6 Å². The molecule has 0 unspecified atom stereocenters. The Balaban J connectivity index is 1.47. The number of benzene rings is 1. The molecule has 5 nitrogen and oxygen atoms in total. The maximum Gasteiger partial charge on any atom is 0.220 e. The molecule has 3 rings (SSSR count). The van der Waals surface area contributed by atoms with Gasteiger partial charge in [-0.25, -0.2) is 4.68 Å². The molecule has 1 amide bonds. The molecule has 1 N–H and O–H groups in total. The van der Waals surface area contributed by atoms with Gasteiger partial charge in [-0.05, 0) is 35.6 Å². The van der Waals surface area contributed by atoms with Gasteiger partial charge in [0.2, 0.25) is 5.91 Å². The zero-order valence-electron chi connectivity index (χ0n) is 12.3. The fourth-order valence-corrected chi connectivity index (χ4v) is 2.96. The second-order valence-electron chi connectivity index (χ2n) is 5.04. The highest BCUT2D eigenvalue weighted by molar-refractivity contribution is 7.08. The van der Waals surface area contributed by atoms with Crippen LogP contribution in [0.2, 0.25) is 5.02 Å². The third-order valence-electron chi connectivity index (χ3n) is 3.31. The molecule has 2 heterocycles. The number of thiophene rings is 1. The van der Waals surface area contributed by atoms with E-state index in [1.54, 1.807) is 16.0 Å². The molecule has 1 aromatic carbocycles. The average molecular weight is 347 g/mol.